The van der Waals surface area contributed by atoms with E-state index >= 15 is 0 Å². The molecule has 96 valence electrons. The van der Waals surface area contributed by atoms with Crippen LogP contribution in [0, 0.1) is 0 Å². The van der Waals surface area contributed by atoms with Crippen LogP contribution in [0.4, 0.5) is 0 Å². The van der Waals surface area contributed by atoms with Crippen LogP contribution < -0.4 is 5.32 Å². The van der Waals surface area contributed by atoms with Crippen molar-refractivity contribution in [2.45, 2.75) is 32.2 Å². The van der Waals surface area contributed by atoms with Gasteiger partial charge in [-0.25, -0.2) is 4.98 Å². The van der Waals surface area contributed by atoms with Crippen LogP contribution in [0.2, 0.25) is 0 Å². The number of rotatable bonds is 5. The van der Waals surface area contributed by atoms with Crippen LogP contribution in [0.1, 0.15) is 37.9 Å². The Bertz CT molecular complexity index is 525. The molecule has 0 aliphatic heterocycles. The van der Waals surface area contributed by atoms with Gasteiger partial charge >= 0.3 is 0 Å². The summed E-state index contributed by atoms with van der Waals surface area (Å²) in [5.41, 5.74) is 2.18. The van der Waals surface area contributed by atoms with E-state index in [4.69, 9.17) is 4.98 Å². The Kier molecular flexibility index (Phi) is 4.72. The Hall–Kier alpha value is -0.930. The molecule has 0 saturated heterocycles. The van der Waals surface area contributed by atoms with E-state index in [1.807, 2.05) is 19.2 Å². The second kappa shape index (κ2) is 6.30. The highest BCUT2D eigenvalue weighted by Crippen LogP contribution is 2.28. The van der Waals surface area contributed by atoms with Gasteiger partial charge in [-0.2, -0.15) is 0 Å². The normalized spacial score (nSPS) is 12.8. The molecule has 2 aromatic rings. The monoisotopic (exact) mass is 306 g/mol. The Morgan fingerprint density at radius 3 is 2.83 bits per heavy atom. The zero-order chi connectivity index (χ0) is 13.0. The van der Waals surface area contributed by atoms with Gasteiger partial charge in [0.1, 0.15) is 0 Å². The fourth-order valence-corrected chi connectivity index (χ4v) is 2.79. The fourth-order valence-electron chi connectivity index (χ4n) is 2.18. The molecular weight excluding hydrogens is 288 g/mol. The molecule has 1 atom stereocenters. The molecule has 0 bridgehead atoms. The first-order valence-corrected chi connectivity index (χ1v) is 7.28. The number of benzene rings is 1. The first-order valence-electron chi connectivity index (χ1n) is 6.48. The summed E-state index contributed by atoms with van der Waals surface area (Å²) in [6.45, 7) is 2.22. The highest BCUT2D eigenvalue weighted by atomic mass is 79.9. The molecule has 3 heteroatoms. The lowest BCUT2D eigenvalue weighted by Gasteiger charge is -2.17. The van der Waals surface area contributed by atoms with E-state index in [1.165, 1.54) is 18.2 Å². The standard InChI is InChI=1S/C15H19BrN2/c1-3-4-8-14(17-2)15-12(16)10-11-7-5-6-9-13(11)18-15/h5-7,9-10,14,17H,3-4,8H2,1-2H3. The van der Waals surface area contributed by atoms with Gasteiger partial charge in [-0.3, -0.25) is 0 Å². The van der Waals surface area contributed by atoms with Crippen LogP contribution in [0.15, 0.2) is 34.8 Å². The van der Waals surface area contributed by atoms with Crippen molar-refractivity contribution in [1.82, 2.24) is 10.3 Å². The molecule has 1 aromatic carbocycles. The van der Waals surface area contributed by atoms with Crippen molar-refractivity contribution in [3.05, 3.63) is 40.5 Å². The summed E-state index contributed by atoms with van der Waals surface area (Å²) in [4.78, 5) is 4.79. The van der Waals surface area contributed by atoms with Gasteiger partial charge in [0, 0.05) is 9.86 Å². The van der Waals surface area contributed by atoms with Gasteiger partial charge in [-0.05, 0) is 41.5 Å². The number of halogens is 1. The molecule has 0 radical (unpaired) electrons. The average Bonchev–Trinajstić information content (AvgIpc) is 2.40. The summed E-state index contributed by atoms with van der Waals surface area (Å²) in [7, 11) is 2.00. The van der Waals surface area contributed by atoms with Gasteiger partial charge in [0.15, 0.2) is 0 Å². The molecule has 0 aliphatic rings. The largest absolute Gasteiger partial charge is 0.312 e. The molecule has 1 N–H and O–H groups in total. The number of hydrogen-bond donors (Lipinski definition) is 1. The minimum absolute atomic E-state index is 0.323. The van der Waals surface area contributed by atoms with Crippen molar-refractivity contribution in [3.63, 3.8) is 0 Å². The molecule has 0 saturated carbocycles. The highest BCUT2D eigenvalue weighted by molar-refractivity contribution is 9.10. The van der Waals surface area contributed by atoms with Crippen molar-refractivity contribution in [1.29, 1.82) is 0 Å². The summed E-state index contributed by atoms with van der Waals surface area (Å²) >= 11 is 3.65. The molecule has 2 nitrogen and oxygen atoms in total. The smallest absolute Gasteiger partial charge is 0.0722 e. The van der Waals surface area contributed by atoms with Crippen LogP contribution in [0.5, 0.6) is 0 Å². The first-order chi connectivity index (χ1) is 8.76. The number of fused-ring (bicyclic) bond motifs is 1. The summed E-state index contributed by atoms with van der Waals surface area (Å²) in [5, 5.41) is 4.55. The third kappa shape index (κ3) is 2.90. The van der Waals surface area contributed by atoms with Gasteiger partial charge in [-0.15, -0.1) is 0 Å². The van der Waals surface area contributed by atoms with Crippen LogP contribution >= 0.6 is 15.9 Å². The van der Waals surface area contributed by atoms with Gasteiger partial charge in [0.05, 0.1) is 17.3 Å². The Morgan fingerprint density at radius 1 is 1.33 bits per heavy atom. The summed E-state index contributed by atoms with van der Waals surface area (Å²) in [6.07, 6.45) is 3.55. The Labute approximate surface area is 117 Å². The lowest BCUT2D eigenvalue weighted by Crippen LogP contribution is -2.18. The van der Waals surface area contributed by atoms with Crippen molar-refractivity contribution in [3.8, 4) is 0 Å². The summed E-state index contributed by atoms with van der Waals surface area (Å²) in [5.74, 6) is 0. The lowest BCUT2D eigenvalue weighted by atomic mass is 10.1. The number of aromatic nitrogens is 1. The highest BCUT2D eigenvalue weighted by Gasteiger charge is 2.14. The zero-order valence-electron chi connectivity index (χ0n) is 10.9. The van der Waals surface area contributed by atoms with Crippen LogP contribution in [-0.2, 0) is 0 Å². The molecular formula is C15H19BrN2. The number of unbranched alkanes of at least 4 members (excludes halogenated alkanes) is 1. The van der Waals surface area contributed by atoms with E-state index in [1.54, 1.807) is 0 Å². The van der Waals surface area contributed by atoms with E-state index in [2.05, 4.69) is 46.4 Å². The zero-order valence-corrected chi connectivity index (χ0v) is 12.5. The van der Waals surface area contributed by atoms with Crippen LogP contribution in [0.3, 0.4) is 0 Å². The summed E-state index contributed by atoms with van der Waals surface area (Å²) < 4.78 is 1.09. The molecule has 18 heavy (non-hydrogen) atoms. The van der Waals surface area contributed by atoms with Gasteiger partial charge in [0.2, 0.25) is 0 Å². The molecule has 0 aliphatic carbocycles. The molecule has 2 rings (SSSR count). The van der Waals surface area contributed by atoms with Gasteiger partial charge in [-0.1, -0.05) is 38.0 Å². The number of nitrogens with zero attached hydrogens (tertiary/aromatic N) is 1. The Balaban J connectivity index is 2.39. The van der Waals surface area contributed by atoms with Crippen molar-refractivity contribution >= 4 is 26.8 Å². The quantitative estimate of drug-likeness (QED) is 0.883. The summed E-state index contributed by atoms with van der Waals surface area (Å²) in [6, 6.07) is 10.7. The molecule has 1 aromatic heterocycles. The minimum atomic E-state index is 0.323. The fraction of sp³-hybridized carbons (Fsp3) is 0.400. The molecule has 1 unspecified atom stereocenters. The maximum absolute atomic E-state index is 4.79. The topological polar surface area (TPSA) is 24.9 Å². The van der Waals surface area contributed by atoms with Gasteiger partial charge < -0.3 is 5.32 Å². The van der Waals surface area contributed by atoms with E-state index in [9.17, 15) is 0 Å². The number of nitrogens with one attached hydrogen (secondary N) is 1. The van der Waals surface area contributed by atoms with E-state index in [0.717, 1.165) is 22.1 Å². The number of para-hydroxylation sites is 1. The van der Waals surface area contributed by atoms with Crippen molar-refractivity contribution < 1.29 is 0 Å². The van der Waals surface area contributed by atoms with Crippen LogP contribution in [0.25, 0.3) is 10.9 Å². The van der Waals surface area contributed by atoms with Crippen molar-refractivity contribution in [2.24, 2.45) is 0 Å². The second-order valence-corrected chi connectivity index (χ2v) is 5.39. The van der Waals surface area contributed by atoms with Crippen molar-refractivity contribution in [2.75, 3.05) is 7.05 Å². The molecule has 0 fully saturated rings. The van der Waals surface area contributed by atoms with E-state index < -0.39 is 0 Å². The van der Waals surface area contributed by atoms with Gasteiger partial charge in [0.25, 0.3) is 0 Å². The third-order valence-corrected chi connectivity index (χ3v) is 3.86. The molecule has 0 amide bonds. The SMILES string of the molecule is CCCCC(NC)c1nc2ccccc2cc1Br. The predicted octanol–water partition coefficient (Wildman–Crippen LogP) is 4.45. The average molecular weight is 307 g/mol. The van der Waals surface area contributed by atoms with Crippen LogP contribution in [-0.4, -0.2) is 12.0 Å². The minimum Gasteiger partial charge on any atom is -0.312 e. The third-order valence-electron chi connectivity index (χ3n) is 3.23. The number of hydrogen-bond acceptors (Lipinski definition) is 2. The maximum atomic E-state index is 4.79. The molecule has 0 spiro atoms. The molecule has 1 heterocycles. The predicted molar refractivity (Wildman–Crippen MR) is 80.8 cm³/mol. The first kappa shape index (κ1) is 13.5. The maximum Gasteiger partial charge on any atom is 0.0722 e. The van der Waals surface area contributed by atoms with E-state index in [-0.39, 0.29) is 0 Å². The number of pyridine rings is 1. The Morgan fingerprint density at radius 2 is 2.11 bits per heavy atom. The lowest BCUT2D eigenvalue weighted by molar-refractivity contribution is 0.511. The van der Waals surface area contributed by atoms with E-state index in [0.29, 0.717) is 6.04 Å². The second-order valence-electron chi connectivity index (χ2n) is 4.53.